The Labute approximate surface area is 75.4 Å². The summed E-state index contributed by atoms with van der Waals surface area (Å²) in [5.74, 6) is 0.189. The zero-order valence-electron chi connectivity index (χ0n) is 6.94. The van der Waals surface area contributed by atoms with Crippen LogP contribution in [0.15, 0.2) is 29.4 Å². The fraction of sp³-hybridized carbons (Fsp3) is 0. The van der Waals surface area contributed by atoms with Gasteiger partial charge in [0.2, 0.25) is 6.21 Å². The summed E-state index contributed by atoms with van der Waals surface area (Å²) in [6.07, 6.45) is 1.61. The maximum Gasteiger partial charge on any atom is 0.256 e. The minimum Gasteiger partial charge on any atom is -0.508 e. The smallest absolute Gasteiger partial charge is 0.256 e. The Morgan fingerprint density at radius 2 is 1.92 bits per heavy atom. The van der Waals surface area contributed by atoms with Gasteiger partial charge in [-0.3, -0.25) is 0 Å². The molecule has 5 nitrogen and oxygen atoms in total. The fourth-order valence-electron chi connectivity index (χ4n) is 0.752. The summed E-state index contributed by atoms with van der Waals surface area (Å²) in [4.78, 5) is 0. The molecule has 0 aromatic heterocycles. The highest BCUT2D eigenvalue weighted by molar-refractivity contribution is 5.77. The predicted octanol–water partition coefficient (Wildman–Crippen LogP) is -1.92. The van der Waals surface area contributed by atoms with E-state index in [-0.39, 0.29) is 11.7 Å². The molecule has 6 N–H and O–H groups in total. The molecule has 0 saturated heterocycles. The van der Waals surface area contributed by atoms with Crippen LogP contribution in [0.5, 0.6) is 5.75 Å². The van der Waals surface area contributed by atoms with Crippen molar-refractivity contribution in [3.8, 4) is 5.75 Å². The van der Waals surface area contributed by atoms with Crippen LogP contribution in [0, 0.1) is 0 Å². The lowest BCUT2D eigenvalue weighted by molar-refractivity contribution is -0.456. The number of aromatic hydroxyl groups is 1. The summed E-state index contributed by atoms with van der Waals surface area (Å²) in [7, 11) is 0. The number of rotatable bonds is 2. The molecule has 1 rings (SSSR count). The number of hydrogen-bond donors (Lipinski definition) is 4. The van der Waals surface area contributed by atoms with E-state index in [1.165, 1.54) is 0 Å². The lowest BCUT2D eigenvalue weighted by atomic mass is 10.2. The standard InChI is InChI=1S/C8H10N4O/c9-8(10)12-11-5-6-1-3-7(13)4-2-6/h1-5,13H,(H4,9,10,12)/p+1/b11-5+. The van der Waals surface area contributed by atoms with Gasteiger partial charge >= 0.3 is 0 Å². The first-order chi connectivity index (χ1) is 6.18. The number of phenolic OH excluding ortho intramolecular Hbond substituents is 1. The van der Waals surface area contributed by atoms with E-state index in [0.717, 1.165) is 5.56 Å². The largest absolute Gasteiger partial charge is 0.508 e. The van der Waals surface area contributed by atoms with Gasteiger partial charge < -0.3 is 16.6 Å². The first-order valence-electron chi connectivity index (χ1n) is 3.65. The van der Waals surface area contributed by atoms with Crippen LogP contribution in [0.1, 0.15) is 5.56 Å². The average Bonchev–Trinajstić information content (AvgIpc) is 2.08. The Morgan fingerprint density at radius 1 is 1.31 bits per heavy atom. The van der Waals surface area contributed by atoms with Crippen molar-refractivity contribution in [2.24, 2.45) is 16.6 Å². The molecule has 0 heterocycles. The number of phenols is 1. The minimum atomic E-state index is -0.0324. The molecule has 1 aromatic carbocycles. The van der Waals surface area contributed by atoms with E-state index in [4.69, 9.17) is 16.6 Å². The van der Waals surface area contributed by atoms with E-state index in [1.54, 1.807) is 30.5 Å². The summed E-state index contributed by atoms with van der Waals surface area (Å²) < 4.78 is 0. The first-order valence-corrected chi connectivity index (χ1v) is 3.65. The second kappa shape index (κ2) is 4.10. The van der Waals surface area contributed by atoms with Gasteiger partial charge in [0.1, 0.15) is 5.75 Å². The molecule has 0 fully saturated rings. The van der Waals surface area contributed by atoms with Crippen molar-refractivity contribution >= 4 is 12.2 Å². The van der Waals surface area contributed by atoms with Crippen LogP contribution >= 0.6 is 0 Å². The van der Waals surface area contributed by atoms with Crippen molar-refractivity contribution in [2.75, 3.05) is 0 Å². The van der Waals surface area contributed by atoms with Gasteiger partial charge in [0, 0.05) is 10.7 Å². The van der Waals surface area contributed by atoms with E-state index in [1.807, 2.05) is 0 Å². The van der Waals surface area contributed by atoms with Crippen molar-refractivity contribution in [3.05, 3.63) is 29.8 Å². The number of nitrogens with two attached hydrogens (primary N) is 2. The third-order valence-corrected chi connectivity index (χ3v) is 1.32. The molecular weight excluding hydrogens is 168 g/mol. The van der Waals surface area contributed by atoms with E-state index in [2.05, 4.69) is 10.2 Å². The summed E-state index contributed by atoms with van der Waals surface area (Å²) in [6, 6.07) is 6.60. The number of nitrogens with zero attached hydrogens (tertiary/aromatic N) is 1. The Kier molecular flexibility index (Phi) is 2.86. The van der Waals surface area contributed by atoms with Crippen molar-refractivity contribution in [1.29, 1.82) is 0 Å². The molecule has 68 valence electrons. The lowest BCUT2D eigenvalue weighted by Crippen LogP contribution is -2.63. The molecule has 0 saturated carbocycles. The monoisotopic (exact) mass is 179 g/mol. The van der Waals surface area contributed by atoms with Gasteiger partial charge in [-0.1, -0.05) is 0 Å². The molecule has 0 aliphatic heterocycles. The van der Waals surface area contributed by atoms with Crippen LogP contribution in [0.3, 0.4) is 0 Å². The maximum atomic E-state index is 8.97. The van der Waals surface area contributed by atoms with Crippen LogP contribution in [-0.2, 0) is 0 Å². The third kappa shape index (κ3) is 3.24. The summed E-state index contributed by atoms with van der Waals surface area (Å²) in [5, 5.41) is 15.1. The van der Waals surface area contributed by atoms with E-state index < -0.39 is 0 Å². The van der Waals surface area contributed by atoms with E-state index in [0.29, 0.717) is 0 Å². The van der Waals surface area contributed by atoms with Gasteiger partial charge in [0.05, 0.1) is 0 Å². The number of nitrogens with one attached hydrogen (secondary N) is 1. The topological polar surface area (TPSA) is 98.6 Å². The number of hydrogen-bond acceptors (Lipinski definition) is 2. The van der Waals surface area contributed by atoms with Gasteiger partial charge in [-0.05, 0) is 24.3 Å². The third-order valence-electron chi connectivity index (χ3n) is 1.32. The van der Waals surface area contributed by atoms with E-state index in [9.17, 15) is 0 Å². The highest BCUT2D eigenvalue weighted by atomic mass is 16.3. The first kappa shape index (κ1) is 9.05. The molecule has 0 aliphatic carbocycles. The Morgan fingerprint density at radius 3 is 2.46 bits per heavy atom. The molecule has 13 heavy (non-hydrogen) atoms. The zero-order chi connectivity index (χ0) is 9.68. The van der Waals surface area contributed by atoms with Crippen LogP contribution in [0.2, 0.25) is 0 Å². The van der Waals surface area contributed by atoms with Crippen molar-refractivity contribution < 1.29 is 10.2 Å². The van der Waals surface area contributed by atoms with Crippen LogP contribution < -0.4 is 16.6 Å². The van der Waals surface area contributed by atoms with Crippen LogP contribution in [0.25, 0.3) is 0 Å². The molecule has 0 spiro atoms. The minimum absolute atomic E-state index is 0.0324. The Bertz CT molecular complexity index is 325. The van der Waals surface area contributed by atoms with Crippen molar-refractivity contribution in [2.45, 2.75) is 0 Å². The van der Waals surface area contributed by atoms with Crippen LogP contribution in [-0.4, -0.2) is 17.3 Å². The molecule has 0 amide bonds. The molecule has 0 unspecified atom stereocenters. The molecule has 1 aromatic rings. The van der Waals surface area contributed by atoms with Gasteiger partial charge in [-0.25, -0.2) is 0 Å². The van der Waals surface area contributed by atoms with Crippen LogP contribution in [0.4, 0.5) is 0 Å². The summed E-state index contributed by atoms with van der Waals surface area (Å²) in [6.45, 7) is 0. The molecule has 0 bridgehead atoms. The van der Waals surface area contributed by atoms with Gasteiger partial charge in [0.25, 0.3) is 5.96 Å². The number of guanidine groups is 1. The maximum absolute atomic E-state index is 8.97. The molecule has 5 heteroatoms. The Balaban J connectivity index is 2.70. The number of benzene rings is 1. The van der Waals surface area contributed by atoms with Gasteiger partial charge in [-0.15, -0.1) is 5.10 Å². The van der Waals surface area contributed by atoms with E-state index >= 15 is 0 Å². The summed E-state index contributed by atoms with van der Waals surface area (Å²) in [5.41, 5.74) is 11.0. The van der Waals surface area contributed by atoms with Gasteiger partial charge in [0.15, 0.2) is 0 Å². The average molecular weight is 179 g/mol. The quantitative estimate of drug-likeness (QED) is 0.242. The second-order valence-corrected chi connectivity index (χ2v) is 2.40. The fourth-order valence-corrected chi connectivity index (χ4v) is 0.752. The number of hydrazone groups is 1. The normalized spacial score (nSPS) is 10.2. The molecule has 0 radical (unpaired) electrons. The molecule has 0 aliphatic rings. The molecular formula is C8H11N4O+. The highest BCUT2D eigenvalue weighted by Gasteiger charge is 1.91. The van der Waals surface area contributed by atoms with Crippen molar-refractivity contribution in [1.82, 2.24) is 0 Å². The van der Waals surface area contributed by atoms with Gasteiger partial charge in [-0.2, -0.15) is 0 Å². The highest BCUT2D eigenvalue weighted by Crippen LogP contribution is 2.06. The Hall–Kier alpha value is -2.04. The second-order valence-electron chi connectivity index (χ2n) is 2.40. The predicted molar refractivity (Wildman–Crippen MR) is 50.0 cm³/mol. The van der Waals surface area contributed by atoms with Crippen molar-refractivity contribution in [3.63, 3.8) is 0 Å². The zero-order valence-corrected chi connectivity index (χ0v) is 6.94. The lowest BCUT2D eigenvalue weighted by Gasteiger charge is -1.88. The summed E-state index contributed by atoms with van der Waals surface area (Å²) >= 11 is 0. The SMILES string of the molecule is NC(N)=N/[NH+]=C/c1ccc(O)cc1. The molecule has 0 atom stereocenters.